The van der Waals surface area contributed by atoms with Gasteiger partial charge in [0.25, 0.3) is 5.91 Å². The number of nitrogens with two attached hydrogens (primary N) is 1. The highest BCUT2D eigenvalue weighted by Crippen LogP contribution is 2.20. The van der Waals surface area contributed by atoms with Crippen molar-refractivity contribution < 1.29 is 19.6 Å². The fourth-order valence-electron chi connectivity index (χ4n) is 3.98. The van der Waals surface area contributed by atoms with E-state index < -0.39 is 12.1 Å². The van der Waals surface area contributed by atoms with Crippen molar-refractivity contribution in [3.63, 3.8) is 0 Å². The fourth-order valence-corrected chi connectivity index (χ4v) is 3.98. The number of carbonyl (C=O) groups excluding carboxylic acids is 3. The van der Waals surface area contributed by atoms with E-state index in [-0.39, 0.29) is 24.9 Å². The van der Waals surface area contributed by atoms with Crippen LogP contribution < -0.4 is 16.4 Å². The lowest BCUT2D eigenvalue weighted by molar-refractivity contribution is -0.0418. The summed E-state index contributed by atoms with van der Waals surface area (Å²) in [7, 11) is 0. The van der Waals surface area contributed by atoms with Crippen LogP contribution in [0.5, 0.6) is 0 Å². The van der Waals surface area contributed by atoms with Crippen molar-refractivity contribution >= 4 is 18.0 Å². The van der Waals surface area contributed by atoms with Crippen LogP contribution in [-0.2, 0) is 6.42 Å². The van der Waals surface area contributed by atoms with Gasteiger partial charge in [-0.3, -0.25) is 10.0 Å². The minimum absolute atomic E-state index is 0.0580. The highest BCUT2D eigenvalue weighted by Gasteiger charge is 2.23. The van der Waals surface area contributed by atoms with Gasteiger partial charge in [0.2, 0.25) is 0 Å². The summed E-state index contributed by atoms with van der Waals surface area (Å²) < 4.78 is 0. The summed E-state index contributed by atoms with van der Waals surface area (Å²) in [5, 5.41) is 15.9. The highest BCUT2D eigenvalue weighted by molar-refractivity contribution is 5.94. The second-order valence-corrected chi connectivity index (χ2v) is 8.49. The number of amides is 5. The Bertz CT molecular complexity index is 978. The Labute approximate surface area is 199 Å². The molecule has 5 N–H and O–H groups in total. The van der Waals surface area contributed by atoms with Gasteiger partial charge in [-0.25, -0.2) is 14.7 Å². The van der Waals surface area contributed by atoms with Gasteiger partial charge >= 0.3 is 12.1 Å². The first-order valence-corrected chi connectivity index (χ1v) is 11.6. The summed E-state index contributed by atoms with van der Waals surface area (Å²) in [4.78, 5) is 37.4. The number of hydroxylamine groups is 2. The molecule has 0 bridgehead atoms. The van der Waals surface area contributed by atoms with Crippen LogP contribution in [-0.4, -0.2) is 65.9 Å². The molecule has 0 radical (unpaired) electrons. The highest BCUT2D eigenvalue weighted by atomic mass is 16.5. The molecule has 5 amide bonds. The van der Waals surface area contributed by atoms with Crippen molar-refractivity contribution in [1.29, 1.82) is 0 Å². The zero-order chi connectivity index (χ0) is 24.5. The Morgan fingerprint density at radius 3 is 2.32 bits per heavy atom. The van der Waals surface area contributed by atoms with Crippen LogP contribution in [0.2, 0.25) is 0 Å². The van der Waals surface area contributed by atoms with Gasteiger partial charge in [-0.2, -0.15) is 0 Å². The van der Waals surface area contributed by atoms with Crippen molar-refractivity contribution in [1.82, 2.24) is 20.6 Å². The number of rotatable bonds is 8. The topological polar surface area (TPSA) is 128 Å². The molecule has 34 heavy (non-hydrogen) atoms. The molecular weight excluding hydrogens is 434 g/mol. The van der Waals surface area contributed by atoms with E-state index in [0.29, 0.717) is 30.3 Å². The van der Waals surface area contributed by atoms with E-state index in [1.807, 2.05) is 12.1 Å². The maximum Gasteiger partial charge on any atom is 0.341 e. The molecule has 0 spiro atoms. The van der Waals surface area contributed by atoms with E-state index in [1.54, 1.807) is 17.0 Å². The molecule has 182 valence electrons. The monoisotopic (exact) mass is 467 g/mol. The van der Waals surface area contributed by atoms with E-state index in [4.69, 9.17) is 5.73 Å². The molecule has 1 saturated heterocycles. The quantitative estimate of drug-likeness (QED) is 0.351. The fraction of sp³-hybridized carbons (Fsp3) is 0.400. The first-order valence-electron chi connectivity index (χ1n) is 11.6. The summed E-state index contributed by atoms with van der Waals surface area (Å²) in [5.74, 6) is -0.193. The number of urea groups is 2. The lowest BCUT2D eigenvalue weighted by Gasteiger charge is -2.31. The number of carbonyl (C=O) groups is 3. The van der Waals surface area contributed by atoms with Gasteiger partial charge < -0.3 is 21.3 Å². The van der Waals surface area contributed by atoms with Crippen LogP contribution >= 0.6 is 0 Å². The van der Waals surface area contributed by atoms with Gasteiger partial charge in [-0.15, -0.1) is 0 Å². The molecule has 1 heterocycles. The molecule has 9 nitrogen and oxygen atoms in total. The molecule has 1 unspecified atom stereocenters. The van der Waals surface area contributed by atoms with Crippen molar-refractivity contribution in [2.45, 2.75) is 26.2 Å². The third-order valence-corrected chi connectivity index (χ3v) is 6.06. The lowest BCUT2D eigenvalue weighted by atomic mass is 9.98. The largest absolute Gasteiger partial charge is 0.351 e. The van der Waals surface area contributed by atoms with Gasteiger partial charge in [-0.1, -0.05) is 43.3 Å². The molecule has 1 atom stereocenters. The molecule has 0 aliphatic carbocycles. The first kappa shape index (κ1) is 25.0. The third kappa shape index (κ3) is 6.95. The molecule has 0 saturated carbocycles. The number of nitrogens with zero attached hydrogens (tertiary/aromatic N) is 2. The average Bonchev–Trinajstić information content (AvgIpc) is 2.87. The first-order chi connectivity index (χ1) is 16.4. The molecule has 2 aromatic rings. The molecule has 1 aliphatic heterocycles. The number of hydrogen-bond acceptors (Lipinski definition) is 4. The summed E-state index contributed by atoms with van der Waals surface area (Å²) in [6.45, 7) is 3.60. The minimum atomic E-state index is -0.649. The Morgan fingerprint density at radius 1 is 1.06 bits per heavy atom. The number of nitrogens with one attached hydrogen (secondary N) is 2. The lowest BCUT2D eigenvalue weighted by Crippen LogP contribution is -2.48. The number of primary amides is 1. The number of aryl methyl sites for hydroxylation is 1. The molecule has 2 aromatic carbocycles. The van der Waals surface area contributed by atoms with Gasteiger partial charge in [0.15, 0.2) is 0 Å². The van der Waals surface area contributed by atoms with Crippen LogP contribution in [0.15, 0.2) is 48.5 Å². The summed E-state index contributed by atoms with van der Waals surface area (Å²) in [6.07, 6.45) is 2.68. The van der Waals surface area contributed by atoms with Crippen LogP contribution in [0, 0.1) is 5.92 Å². The standard InChI is InChI=1S/C25H33N5O4/c1-2-18-5-7-20(8-6-18)21-9-11-22(12-10-21)23(31)27-13-15-30(34)25(33)28-16-19-4-3-14-29(17-19)24(26)32/h5-12,19,34H,2-4,13-17H2,1H3,(H2,26,32)(H,27,31)(H,28,33). The molecule has 3 rings (SSSR count). The molecule has 1 aliphatic rings. The number of piperidine rings is 1. The van der Waals surface area contributed by atoms with E-state index in [2.05, 4.69) is 41.8 Å². The van der Waals surface area contributed by atoms with Crippen molar-refractivity contribution in [3.05, 3.63) is 59.7 Å². The predicted octanol–water partition coefficient (Wildman–Crippen LogP) is 2.84. The zero-order valence-corrected chi connectivity index (χ0v) is 19.5. The second-order valence-electron chi connectivity index (χ2n) is 8.49. The smallest absolute Gasteiger partial charge is 0.341 e. The van der Waals surface area contributed by atoms with Crippen LogP contribution in [0.3, 0.4) is 0 Å². The van der Waals surface area contributed by atoms with E-state index in [1.165, 1.54) is 5.56 Å². The maximum absolute atomic E-state index is 12.4. The summed E-state index contributed by atoms with van der Waals surface area (Å²) in [6, 6.07) is 14.5. The molecular formula is C25H33N5O4. The molecule has 9 heteroatoms. The normalized spacial score (nSPS) is 15.5. The van der Waals surface area contributed by atoms with Gasteiger partial charge in [-0.05, 0) is 54.0 Å². The maximum atomic E-state index is 12.4. The van der Waals surface area contributed by atoms with E-state index >= 15 is 0 Å². The van der Waals surface area contributed by atoms with Crippen molar-refractivity contribution in [2.24, 2.45) is 11.7 Å². The molecule has 0 aromatic heterocycles. The predicted molar refractivity (Wildman–Crippen MR) is 129 cm³/mol. The number of benzene rings is 2. The minimum Gasteiger partial charge on any atom is -0.351 e. The third-order valence-electron chi connectivity index (χ3n) is 6.06. The van der Waals surface area contributed by atoms with E-state index in [9.17, 15) is 19.6 Å². The van der Waals surface area contributed by atoms with Crippen molar-refractivity contribution in [2.75, 3.05) is 32.7 Å². The summed E-state index contributed by atoms with van der Waals surface area (Å²) in [5.41, 5.74) is 9.20. The second kappa shape index (κ2) is 12.0. The number of hydrogen-bond donors (Lipinski definition) is 4. The molecule has 1 fully saturated rings. The number of likely N-dealkylation sites (tertiary alicyclic amines) is 1. The average molecular weight is 468 g/mol. The Morgan fingerprint density at radius 2 is 1.71 bits per heavy atom. The van der Waals surface area contributed by atoms with E-state index in [0.717, 1.165) is 30.4 Å². The van der Waals surface area contributed by atoms with Crippen LogP contribution in [0.4, 0.5) is 9.59 Å². The zero-order valence-electron chi connectivity index (χ0n) is 19.5. The van der Waals surface area contributed by atoms with Gasteiger partial charge in [0, 0.05) is 31.7 Å². The summed E-state index contributed by atoms with van der Waals surface area (Å²) >= 11 is 0. The van der Waals surface area contributed by atoms with Crippen LogP contribution in [0.1, 0.15) is 35.7 Å². The SMILES string of the molecule is CCc1ccc(-c2ccc(C(=O)NCCN(O)C(=O)NCC3CCCN(C(N)=O)C3)cc2)cc1. The van der Waals surface area contributed by atoms with Crippen LogP contribution in [0.25, 0.3) is 11.1 Å². The van der Waals surface area contributed by atoms with Gasteiger partial charge in [0.05, 0.1) is 6.54 Å². The van der Waals surface area contributed by atoms with Crippen molar-refractivity contribution in [3.8, 4) is 11.1 Å². The Balaban J connectivity index is 1.39. The Hall–Kier alpha value is -3.59. The van der Waals surface area contributed by atoms with Gasteiger partial charge in [0.1, 0.15) is 0 Å². The Kier molecular flexibility index (Phi) is 8.86.